The number of esters is 1. The Kier molecular flexibility index (Phi) is 8.00. The summed E-state index contributed by atoms with van der Waals surface area (Å²) >= 11 is 6.21. The smallest absolute Gasteiger partial charge is 0.338 e. The van der Waals surface area contributed by atoms with Crippen LogP contribution in [0, 0.1) is 0 Å². The van der Waals surface area contributed by atoms with Crippen molar-refractivity contribution in [1.29, 1.82) is 0 Å². The van der Waals surface area contributed by atoms with Crippen LogP contribution in [0.15, 0.2) is 89.6 Å². The Hall–Kier alpha value is -4.43. The van der Waals surface area contributed by atoms with E-state index in [1.807, 2.05) is 30.3 Å². The molecule has 9 heteroatoms. The van der Waals surface area contributed by atoms with Gasteiger partial charge in [-0.2, -0.15) is 0 Å². The molecule has 2 N–H and O–H groups in total. The van der Waals surface area contributed by atoms with E-state index in [1.165, 1.54) is 18.2 Å². The minimum Gasteiger partial charge on any atom is -0.462 e. The maximum Gasteiger partial charge on any atom is 0.338 e. The third kappa shape index (κ3) is 5.87. The highest BCUT2D eigenvalue weighted by Crippen LogP contribution is 2.30. The van der Waals surface area contributed by atoms with Gasteiger partial charge in [0.2, 0.25) is 0 Å². The van der Waals surface area contributed by atoms with Crippen molar-refractivity contribution < 1.29 is 23.9 Å². The molecule has 0 fully saturated rings. The number of hydrogen-bond acceptors (Lipinski definition) is 6. The molecule has 0 unspecified atom stereocenters. The van der Waals surface area contributed by atoms with E-state index in [4.69, 9.17) is 16.3 Å². The average molecular weight is 518 g/mol. The van der Waals surface area contributed by atoms with Crippen molar-refractivity contribution in [2.45, 2.75) is 13.3 Å². The summed E-state index contributed by atoms with van der Waals surface area (Å²) in [6.07, 6.45) is 0.716. The highest BCUT2D eigenvalue weighted by Gasteiger charge is 2.39. The zero-order valence-electron chi connectivity index (χ0n) is 20.0. The number of imide groups is 1. The highest BCUT2D eigenvalue weighted by atomic mass is 35.5. The molecule has 3 amide bonds. The largest absolute Gasteiger partial charge is 0.462 e. The van der Waals surface area contributed by atoms with Crippen LogP contribution >= 0.6 is 11.6 Å². The summed E-state index contributed by atoms with van der Waals surface area (Å²) in [4.78, 5) is 51.2. The van der Waals surface area contributed by atoms with Crippen LogP contribution in [0.5, 0.6) is 0 Å². The molecule has 0 aromatic heterocycles. The molecule has 188 valence electrons. The maximum atomic E-state index is 13.1. The Bertz CT molecular complexity index is 1370. The Morgan fingerprint density at radius 2 is 1.62 bits per heavy atom. The van der Waals surface area contributed by atoms with Crippen LogP contribution in [0.25, 0.3) is 0 Å². The Balaban J connectivity index is 1.41. The van der Waals surface area contributed by atoms with E-state index >= 15 is 0 Å². The van der Waals surface area contributed by atoms with Crippen molar-refractivity contribution in [2.24, 2.45) is 0 Å². The molecule has 0 saturated heterocycles. The first-order valence-corrected chi connectivity index (χ1v) is 12.0. The molecule has 1 aliphatic rings. The fraction of sp³-hybridized carbons (Fsp3) is 0.143. The van der Waals surface area contributed by atoms with Gasteiger partial charge in [0.25, 0.3) is 17.7 Å². The van der Waals surface area contributed by atoms with Crippen molar-refractivity contribution in [2.75, 3.05) is 23.4 Å². The fourth-order valence-corrected chi connectivity index (χ4v) is 3.96. The standard InChI is InChI=1S/C28H24ClN3O5/c1-2-37-28(36)20-9-6-10-22(17-20)32-26(34)23(29)24(27(32)35)31-21-13-11-19(12-14-21)25(33)30-16-15-18-7-4-3-5-8-18/h3-14,17,31H,2,15-16H2,1H3,(H,30,33). The van der Waals surface area contributed by atoms with Gasteiger partial charge in [-0.25, -0.2) is 9.69 Å². The van der Waals surface area contributed by atoms with E-state index < -0.39 is 17.8 Å². The van der Waals surface area contributed by atoms with E-state index in [0.717, 1.165) is 10.5 Å². The number of carbonyl (C=O) groups excluding carboxylic acids is 4. The summed E-state index contributed by atoms with van der Waals surface area (Å²) in [6.45, 7) is 2.37. The van der Waals surface area contributed by atoms with Crippen LogP contribution < -0.4 is 15.5 Å². The number of ether oxygens (including phenoxy) is 1. The molecule has 4 rings (SSSR count). The number of nitrogens with zero attached hydrogens (tertiary/aromatic N) is 1. The van der Waals surface area contributed by atoms with E-state index in [-0.39, 0.29) is 34.5 Å². The second-order valence-electron chi connectivity index (χ2n) is 8.10. The van der Waals surface area contributed by atoms with Crippen molar-refractivity contribution in [3.05, 3.63) is 106 Å². The molecule has 8 nitrogen and oxygen atoms in total. The van der Waals surface area contributed by atoms with Crippen molar-refractivity contribution in [3.8, 4) is 0 Å². The van der Waals surface area contributed by atoms with Crippen molar-refractivity contribution >= 4 is 46.7 Å². The lowest BCUT2D eigenvalue weighted by Gasteiger charge is -2.16. The number of amides is 3. The number of carbonyl (C=O) groups is 4. The first-order valence-electron chi connectivity index (χ1n) is 11.6. The molecular weight excluding hydrogens is 494 g/mol. The number of nitrogens with one attached hydrogen (secondary N) is 2. The third-order valence-corrected chi connectivity index (χ3v) is 5.95. The van der Waals surface area contributed by atoms with Gasteiger partial charge in [0.05, 0.1) is 17.9 Å². The van der Waals surface area contributed by atoms with Gasteiger partial charge in [0.1, 0.15) is 10.7 Å². The van der Waals surface area contributed by atoms with Crippen LogP contribution in [-0.4, -0.2) is 36.8 Å². The summed E-state index contributed by atoms with van der Waals surface area (Å²) in [7, 11) is 0. The van der Waals surface area contributed by atoms with Crippen LogP contribution in [0.4, 0.5) is 11.4 Å². The van der Waals surface area contributed by atoms with Crippen LogP contribution in [-0.2, 0) is 20.7 Å². The normalized spacial score (nSPS) is 13.1. The summed E-state index contributed by atoms with van der Waals surface area (Å²) in [5.41, 5.74) is 2.34. The van der Waals surface area contributed by atoms with Crippen LogP contribution in [0.1, 0.15) is 33.2 Å². The summed E-state index contributed by atoms with van der Waals surface area (Å²) in [5, 5.41) is 5.46. The van der Waals surface area contributed by atoms with Crippen molar-refractivity contribution in [3.63, 3.8) is 0 Å². The van der Waals surface area contributed by atoms with Gasteiger partial charge in [-0.05, 0) is 61.4 Å². The second-order valence-corrected chi connectivity index (χ2v) is 8.48. The van der Waals surface area contributed by atoms with Crippen LogP contribution in [0.3, 0.4) is 0 Å². The maximum absolute atomic E-state index is 13.1. The molecule has 1 aliphatic heterocycles. The lowest BCUT2D eigenvalue weighted by Crippen LogP contribution is -2.32. The third-order valence-electron chi connectivity index (χ3n) is 5.60. The van der Waals surface area contributed by atoms with E-state index in [2.05, 4.69) is 10.6 Å². The summed E-state index contributed by atoms with van der Waals surface area (Å²) in [5.74, 6) is -2.17. The molecule has 0 bridgehead atoms. The molecule has 0 saturated carbocycles. The first-order chi connectivity index (χ1) is 17.9. The predicted octanol–water partition coefficient (Wildman–Crippen LogP) is 4.27. The Morgan fingerprint density at radius 1 is 0.892 bits per heavy atom. The molecule has 37 heavy (non-hydrogen) atoms. The molecule has 0 aliphatic carbocycles. The molecule has 0 radical (unpaired) electrons. The molecule has 3 aromatic carbocycles. The van der Waals surface area contributed by atoms with Gasteiger partial charge >= 0.3 is 5.97 Å². The molecular formula is C28H24ClN3O5. The number of halogens is 1. The zero-order chi connectivity index (χ0) is 26.4. The van der Waals surface area contributed by atoms with Gasteiger partial charge in [-0.1, -0.05) is 48.0 Å². The lowest BCUT2D eigenvalue weighted by molar-refractivity contribution is -0.120. The monoisotopic (exact) mass is 517 g/mol. The second kappa shape index (κ2) is 11.5. The van der Waals surface area contributed by atoms with Crippen molar-refractivity contribution in [1.82, 2.24) is 5.32 Å². The van der Waals surface area contributed by atoms with Gasteiger partial charge in [-0.15, -0.1) is 0 Å². The van der Waals surface area contributed by atoms with E-state index in [0.29, 0.717) is 24.2 Å². The average Bonchev–Trinajstić information content (AvgIpc) is 3.12. The van der Waals surface area contributed by atoms with Gasteiger partial charge in [0, 0.05) is 17.8 Å². The van der Waals surface area contributed by atoms with Gasteiger partial charge in [0.15, 0.2) is 0 Å². The fourth-order valence-electron chi connectivity index (χ4n) is 3.75. The van der Waals surface area contributed by atoms with Gasteiger partial charge < -0.3 is 15.4 Å². The SMILES string of the molecule is CCOC(=O)c1cccc(N2C(=O)C(Cl)=C(Nc3ccc(C(=O)NCCc4ccccc4)cc3)C2=O)c1. The Morgan fingerprint density at radius 3 is 2.32 bits per heavy atom. The zero-order valence-corrected chi connectivity index (χ0v) is 20.7. The van der Waals surface area contributed by atoms with E-state index in [9.17, 15) is 19.2 Å². The highest BCUT2D eigenvalue weighted by molar-refractivity contribution is 6.53. The van der Waals surface area contributed by atoms with Crippen LogP contribution in [0.2, 0.25) is 0 Å². The molecule has 3 aromatic rings. The summed E-state index contributed by atoms with van der Waals surface area (Å²) < 4.78 is 4.98. The lowest BCUT2D eigenvalue weighted by atomic mass is 10.1. The minimum atomic E-state index is -0.718. The quantitative estimate of drug-likeness (QED) is 0.324. The predicted molar refractivity (Wildman–Crippen MR) is 140 cm³/mol. The topological polar surface area (TPSA) is 105 Å². The number of anilines is 2. The molecule has 0 spiro atoms. The van der Waals surface area contributed by atoms with Gasteiger partial charge in [-0.3, -0.25) is 14.4 Å². The number of rotatable bonds is 9. The first kappa shape index (κ1) is 25.7. The summed E-state index contributed by atoms with van der Waals surface area (Å²) in [6, 6.07) is 22.3. The number of benzene rings is 3. The minimum absolute atomic E-state index is 0.103. The molecule has 1 heterocycles. The number of hydrogen-bond donors (Lipinski definition) is 2. The molecule has 0 atom stereocenters. The van der Waals surface area contributed by atoms with E-state index in [1.54, 1.807) is 37.3 Å². The Labute approximate surface area is 218 Å².